The summed E-state index contributed by atoms with van der Waals surface area (Å²) < 4.78 is 19.4. The fourth-order valence-corrected chi connectivity index (χ4v) is 5.14. The minimum absolute atomic E-state index is 0.0709. The number of likely N-dealkylation sites (tertiary alicyclic amines) is 1. The van der Waals surface area contributed by atoms with E-state index in [0.29, 0.717) is 6.61 Å². The molecule has 1 aromatic carbocycles. The summed E-state index contributed by atoms with van der Waals surface area (Å²) in [6, 6.07) is 10.2. The second-order valence-electron chi connectivity index (χ2n) is 7.05. The van der Waals surface area contributed by atoms with E-state index in [2.05, 4.69) is 4.98 Å². The van der Waals surface area contributed by atoms with Gasteiger partial charge in [0.25, 0.3) is 0 Å². The summed E-state index contributed by atoms with van der Waals surface area (Å²) in [7, 11) is 0. The highest BCUT2D eigenvalue weighted by molar-refractivity contribution is 8.01. The average Bonchev–Trinajstić information content (AvgIpc) is 3.04. The number of benzene rings is 1. The predicted molar refractivity (Wildman–Crippen MR) is 99.3 cm³/mol. The molecule has 4 nitrogen and oxygen atoms in total. The quantitative estimate of drug-likeness (QED) is 0.809. The number of thioether (sulfide) groups is 1. The smallest absolute Gasteiger partial charge is 0.227 e. The van der Waals surface area contributed by atoms with Crippen LogP contribution >= 0.6 is 11.8 Å². The maximum atomic E-state index is 13.2. The molecule has 0 N–H and O–H groups in total. The Morgan fingerprint density at radius 2 is 2.15 bits per heavy atom. The minimum Gasteiger partial charge on any atom is -0.373 e. The Hall–Kier alpha value is -1.92. The number of ether oxygens (including phenoxy) is 1. The molecule has 6 heteroatoms. The lowest BCUT2D eigenvalue weighted by atomic mass is 9.92. The van der Waals surface area contributed by atoms with Crippen molar-refractivity contribution < 1.29 is 13.9 Å². The molecule has 2 aromatic rings. The first-order chi connectivity index (χ1) is 12.6. The zero-order valence-electron chi connectivity index (χ0n) is 14.4. The van der Waals surface area contributed by atoms with Crippen LogP contribution in [0.15, 0.2) is 48.8 Å². The van der Waals surface area contributed by atoms with Crippen molar-refractivity contribution in [1.82, 2.24) is 9.88 Å². The van der Waals surface area contributed by atoms with E-state index < -0.39 is 0 Å². The largest absolute Gasteiger partial charge is 0.373 e. The van der Waals surface area contributed by atoms with E-state index in [-0.39, 0.29) is 29.0 Å². The van der Waals surface area contributed by atoms with Crippen LogP contribution in [0.1, 0.15) is 17.5 Å². The molecular weight excluding hydrogens is 351 g/mol. The van der Waals surface area contributed by atoms with E-state index in [4.69, 9.17) is 4.74 Å². The van der Waals surface area contributed by atoms with E-state index in [1.807, 2.05) is 35.0 Å². The lowest BCUT2D eigenvalue weighted by Gasteiger charge is -2.47. The SMILES string of the molecule is O=C(Cc1cccc(F)c1)N1CC2(CC(OCc3cccnc3)CS2)C1. The molecule has 2 aliphatic heterocycles. The van der Waals surface area contributed by atoms with Crippen molar-refractivity contribution in [3.8, 4) is 0 Å². The van der Waals surface area contributed by atoms with Gasteiger partial charge in [0.2, 0.25) is 5.91 Å². The van der Waals surface area contributed by atoms with Crippen LogP contribution in [0.5, 0.6) is 0 Å². The van der Waals surface area contributed by atoms with Gasteiger partial charge in [-0.25, -0.2) is 4.39 Å². The van der Waals surface area contributed by atoms with Crippen molar-refractivity contribution in [2.24, 2.45) is 0 Å². The van der Waals surface area contributed by atoms with Crippen molar-refractivity contribution in [2.45, 2.75) is 30.3 Å². The molecule has 0 radical (unpaired) electrons. The van der Waals surface area contributed by atoms with Gasteiger partial charge in [0, 0.05) is 31.2 Å². The second-order valence-corrected chi connectivity index (χ2v) is 8.54. The predicted octanol–water partition coefficient (Wildman–Crippen LogP) is 3.07. The summed E-state index contributed by atoms with van der Waals surface area (Å²) in [4.78, 5) is 18.4. The lowest BCUT2D eigenvalue weighted by molar-refractivity contribution is -0.136. The van der Waals surface area contributed by atoms with Crippen LogP contribution in [0.2, 0.25) is 0 Å². The van der Waals surface area contributed by atoms with Crippen LogP contribution in [-0.2, 0) is 22.6 Å². The molecule has 1 aromatic heterocycles. The van der Waals surface area contributed by atoms with E-state index in [0.717, 1.165) is 36.4 Å². The molecule has 2 saturated heterocycles. The molecule has 1 spiro atoms. The number of pyridine rings is 1. The monoisotopic (exact) mass is 372 g/mol. The zero-order chi connectivity index (χ0) is 18.0. The molecule has 0 aliphatic carbocycles. The summed E-state index contributed by atoms with van der Waals surface area (Å²) in [5.74, 6) is 0.739. The normalized spacial score (nSPS) is 21.0. The number of nitrogens with zero attached hydrogens (tertiary/aromatic N) is 2. The van der Waals surface area contributed by atoms with E-state index in [1.165, 1.54) is 12.1 Å². The van der Waals surface area contributed by atoms with Crippen molar-refractivity contribution >= 4 is 17.7 Å². The first-order valence-corrected chi connectivity index (χ1v) is 9.77. The Morgan fingerprint density at radius 1 is 1.31 bits per heavy atom. The molecule has 136 valence electrons. The summed E-state index contributed by atoms with van der Waals surface area (Å²) in [5, 5.41) is 0. The first-order valence-electron chi connectivity index (χ1n) is 8.79. The Bertz CT molecular complexity index is 780. The van der Waals surface area contributed by atoms with Crippen LogP contribution < -0.4 is 0 Å². The molecule has 26 heavy (non-hydrogen) atoms. The fourth-order valence-electron chi connectivity index (χ4n) is 3.59. The van der Waals surface area contributed by atoms with E-state index in [9.17, 15) is 9.18 Å². The van der Waals surface area contributed by atoms with Gasteiger partial charge in [-0.05, 0) is 35.7 Å². The molecule has 2 fully saturated rings. The number of amides is 1. The molecule has 0 saturated carbocycles. The average molecular weight is 372 g/mol. The number of hydrogen-bond donors (Lipinski definition) is 0. The number of halogens is 1. The number of carbonyl (C=O) groups excluding carboxylic acids is 1. The molecular formula is C20H21FN2O2S. The Morgan fingerprint density at radius 3 is 2.92 bits per heavy atom. The maximum Gasteiger partial charge on any atom is 0.227 e. The van der Waals surface area contributed by atoms with Crippen LogP contribution in [0, 0.1) is 5.82 Å². The number of rotatable bonds is 5. The molecule has 0 bridgehead atoms. The third kappa shape index (κ3) is 3.91. The van der Waals surface area contributed by atoms with E-state index >= 15 is 0 Å². The molecule has 1 amide bonds. The van der Waals surface area contributed by atoms with Gasteiger partial charge < -0.3 is 9.64 Å². The first kappa shape index (κ1) is 17.5. The topological polar surface area (TPSA) is 42.4 Å². The van der Waals surface area contributed by atoms with Crippen molar-refractivity contribution in [1.29, 1.82) is 0 Å². The Labute approximate surface area is 156 Å². The van der Waals surface area contributed by atoms with Crippen molar-refractivity contribution in [2.75, 3.05) is 18.8 Å². The molecule has 1 atom stereocenters. The third-order valence-electron chi connectivity index (χ3n) is 4.94. The number of carbonyl (C=O) groups is 1. The molecule has 4 rings (SSSR count). The standard InChI is InChI=1S/C20H21FN2O2S/c21-17-5-1-3-15(7-17)8-19(24)23-13-20(14-23)9-18(12-26-20)25-11-16-4-2-6-22-10-16/h1-7,10,18H,8-9,11-14H2. The molecule has 3 heterocycles. The summed E-state index contributed by atoms with van der Waals surface area (Å²) in [6.07, 6.45) is 5.05. The molecule has 1 unspecified atom stereocenters. The Balaban J connectivity index is 1.24. The molecule has 2 aliphatic rings. The van der Waals surface area contributed by atoms with Gasteiger partial charge in [0.05, 0.1) is 23.9 Å². The van der Waals surface area contributed by atoms with Crippen molar-refractivity contribution in [3.63, 3.8) is 0 Å². The highest BCUT2D eigenvalue weighted by atomic mass is 32.2. The highest BCUT2D eigenvalue weighted by Gasteiger charge is 2.50. The van der Waals surface area contributed by atoms with Gasteiger partial charge in [-0.3, -0.25) is 9.78 Å². The second kappa shape index (κ2) is 7.37. The van der Waals surface area contributed by atoms with Gasteiger partial charge in [-0.1, -0.05) is 18.2 Å². The van der Waals surface area contributed by atoms with Gasteiger partial charge in [0.15, 0.2) is 0 Å². The Kier molecular flexibility index (Phi) is 4.96. The highest BCUT2D eigenvalue weighted by Crippen LogP contribution is 2.46. The zero-order valence-corrected chi connectivity index (χ0v) is 15.3. The van der Waals surface area contributed by atoms with Gasteiger partial charge in [-0.2, -0.15) is 0 Å². The summed E-state index contributed by atoms with van der Waals surface area (Å²) in [6.45, 7) is 2.11. The van der Waals surface area contributed by atoms with Gasteiger partial charge in [0.1, 0.15) is 5.82 Å². The van der Waals surface area contributed by atoms with Gasteiger partial charge in [-0.15, -0.1) is 11.8 Å². The van der Waals surface area contributed by atoms with Crippen LogP contribution in [0.25, 0.3) is 0 Å². The van der Waals surface area contributed by atoms with E-state index in [1.54, 1.807) is 18.3 Å². The van der Waals surface area contributed by atoms with Gasteiger partial charge >= 0.3 is 0 Å². The van der Waals surface area contributed by atoms with Crippen LogP contribution in [0.3, 0.4) is 0 Å². The maximum absolute atomic E-state index is 13.2. The lowest BCUT2D eigenvalue weighted by Crippen LogP contribution is -2.61. The number of hydrogen-bond acceptors (Lipinski definition) is 4. The van der Waals surface area contributed by atoms with Crippen LogP contribution in [0.4, 0.5) is 4.39 Å². The van der Waals surface area contributed by atoms with Crippen molar-refractivity contribution in [3.05, 3.63) is 65.7 Å². The fraction of sp³-hybridized carbons (Fsp3) is 0.400. The minimum atomic E-state index is -0.296. The number of aromatic nitrogens is 1. The third-order valence-corrected chi connectivity index (χ3v) is 6.51. The summed E-state index contributed by atoms with van der Waals surface area (Å²) >= 11 is 1.91. The van der Waals surface area contributed by atoms with Crippen LogP contribution in [-0.4, -0.2) is 45.5 Å². The summed E-state index contributed by atoms with van der Waals surface area (Å²) in [5.41, 5.74) is 1.81.